The van der Waals surface area contributed by atoms with E-state index in [-0.39, 0.29) is 0 Å². The first kappa shape index (κ1) is 15.1. The molecule has 2 aromatic heterocycles. The Balaban J connectivity index is 1.80. The van der Waals surface area contributed by atoms with E-state index < -0.39 is 0 Å². The Kier molecular flexibility index (Phi) is 4.21. The number of benzene rings is 2. The summed E-state index contributed by atoms with van der Waals surface area (Å²) in [6.07, 6.45) is 1.77. The second kappa shape index (κ2) is 6.97. The Labute approximate surface area is 146 Å². The molecule has 0 amide bonds. The molecule has 3 nitrogen and oxygen atoms in total. The van der Waals surface area contributed by atoms with Crippen molar-refractivity contribution in [3.8, 4) is 34.1 Å². The molecular weight excluding hydrogens is 308 g/mol. The van der Waals surface area contributed by atoms with Gasteiger partial charge in [-0.1, -0.05) is 54.6 Å². The first-order valence-corrected chi connectivity index (χ1v) is 8.10. The lowest BCUT2D eigenvalue weighted by Gasteiger charge is -2.10. The molecule has 0 spiro atoms. The van der Waals surface area contributed by atoms with Gasteiger partial charge in [0.1, 0.15) is 5.75 Å². The molecule has 0 fully saturated rings. The van der Waals surface area contributed by atoms with E-state index in [9.17, 15) is 0 Å². The lowest BCUT2D eigenvalue weighted by Crippen LogP contribution is -1.93. The average Bonchev–Trinajstić information content (AvgIpc) is 2.70. The van der Waals surface area contributed by atoms with Crippen molar-refractivity contribution < 1.29 is 4.74 Å². The lowest BCUT2D eigenvalue weighted by molar-refractivity contribution is 0.464. The number of hydrogen-bond acceptors (Lipinski definition) is 3. The van der Waals surface area contributed by atoms with Gasteiger partial charge in [-0.2, -0.15) is 0 Å². The summed E-state index contributed by atoms with van der Waals surface area (Å²) in [7, 11) is 0. The second-order valence-electron chi connectivity index (χ2n) is 5.58. The Morgan fingerprint density at radius 1 is 0.600 bits per heavy atom. The normalized spacial score (nSPS) is 10.4. The minimum Gasteiger partial charge on any atom is -0.439 e. The third kappa shape index (κ3) is 3.56. The molecule has 3 heteroatoms. The zero-order valence-corrected chi connectivity index (χ0v) is 13.5. The van der Waals surface area contributed by atoms with Crippen LogP contribution in [0.5, 0.6) is 11.6 Å². The molecule has 0 atom stereocenters. The zero-order chi connectivity index (χ0) is 16.9. The molecule has 0 unspecified atom stereocenters. The molecule has 4 rings (SSSR count). The summed E-state index contributed by atoms with van der Waals surface area (Å²) in [6, 6.07) is 29.7. The van der Waals surface area contributed by atoms with Gasteiger partial charge in [0.25, 0.3) is 0 Å². The molecule has 0 N–H and O–H groups in total. The minimum atomic E-state index is 0.549. The molecule has 0 radical (unpaired) electrons. The van der Waals surface area contributed by atoms with Gasteiger partial charge in [-0.15, -0.1) is 0 Å². The van der Waals surface area contributed by atoms with Gasteiger partial charge in [0, 0.05) is 12.3 Å². The molecule has 4 aromatic rings. The van der Waals surface area contributed by atoms with Crippen LogP contribution in [0.4, 0.5) is 0 Å². The number of rotatable bonds is 4. The largest absolute Gasteiger partial charge is 0.439 e. The highest BCUT2D eigenvalue weighted by molar-refractivity contribution is 5.70. The van der Waals surface area contributed by atoms with E-state index in [4.69, 9.17) is 4.74 Å². The van der Waals surface area contributed by atoms with Crippen molar-refractivity contribution in [2.24, 2.45) is 0 Å². The highest BCUT2D eigenvalue weighted by Crippen LogP contribution is 2.30. The summed E-state index contributed by atoms with van der Waals surface area (Å²) in [5.74, 6) is 1.31. The molecule has 0 aliphatic rings. The van der Waals surface area contributed by atoms with Crippen LogP contribution in [-0.4, -0.2) is 9.97 Å². The van der Waals surface area contributed by atoms with Gasteiger partial charge in [0.15, 0.2) is 0 Å². The van der Waals surface area contributed by atoms with Crippen LogP contribution in [0.25, 0.3) is 22.5 Å². The number of pyridine rings is 2. The highest BCUT2D eigenvalue weighted by Gasteiger charge is 2.09. The van der Waals surface area contributed by atoms with E-state index in [0.29, 0.717) is 5.88 Å². The number of nitrogens with zero attached hydrogens (tertiary/aromatic N) is 2. The maximum Gasteiger partial charge on any atom is 0.220 e. The number of para-hydroxylation sites is 1. The van der Waals surface area contributed by atoms with Crippen LogP contribution in [0.15, 0.2) is 97.2 Å². The van der Waals surface area contributed by atoms with E-state index in [0.717, 1.165) is 28.3 Å². The van der Waals surface area contributed by atoms with Gasteiger partial charge in [-0.3, -0.25) is 4.98 Å². The number of aromatic nitrogens is 2. The summed E-state index contributed by atoms with van der Waals surface area (Å²) in [4.78, 5) is 9.05. The van der Waals surface area contributed by atoms with Crippen LogP contribution in [0, 0.1) is 0 Å². The molecule has 2 heterocycles. The van der Waals surface area contributed by atoms with Crippen molar-refractivity contribution in [3.05, 3.63) is 97.2 Å². The van der Waals surface area contributed by atoms with Gasteiger partial charge in [0.2, 0.25) is 5.88 Å². The van der Waals surface area contributed by atoms with Gasteiger partial charge < -0.3 is 4.74 Å². The molecule has 0 saturated carbocycles. The van der Waals surface area contributed by atoms with Crippen molar-refractivity contribution >= 4 is 0 Å². The molecule has 120 valence electrons. The fourth-order valence-corrected chi connectivity index (χ4v) is 2.61. The van der Waals surface area contributed by atoms with Crippen molar-refractivity contribution in [2.75, 3.05) is 0 Å². The Morgan fingerprint density at radius 2 is 1.32 bits per heavy atom. The third-order valence-electron chi connectivity index (χ3n) is 3.80. The van der Waals surface area contributed by atoms with Crippen LogP contribution in [-0.2, 0) is 0 Å². The van der Waals surface area contributed by atoms with Crippen molar-refractivity contribution in [1.29, 1.82) is 0 Å². The van der Waals surface area contributed by atoms with Gasteiger partial charge in [-0.05, 0) is 41.5 Å². The summed E-state index contributed by atoms with van der Waals surface area (Å²) in [5.41, 5.74) is 3.76. The van der Waals surface area contributed by atoms with Crippen LogP contribution in [0.1, 0.15) is 0 Å². The second-order valence-corrected chi connectivity index (χ2v) is 5.58. The van der Waals surface area contributed by atoms with Crippen LogP contribution in [0.2, 0.25) is 0 Å². The fraction of sp³-hybridized carbons (Fsp3) is 0. The van der Waals surface area contributed by atoms with Gasteiger partial charge >= 0.3 is 0 Å². The van der Waals surface area contributed by atoms with E-state index in [2.05, 4.69) is 22.1 Å². The first-order chi connectivity index (χ1) is 12.4. The van der Waals surface area contributed by atoms with Crippen LogP contribution < -0.4 is 4.74 Å². The van der Waals surface area contributed by atoms with Crippen molar-refractivity contribution in [2.45, 2.75) is 0 Å². The predicted molar refractivity (Wildman–Crippen MR) is 99.4 cm³/mol. The lowest BCUT2D eigenvalue weighted by atomic mass is 10.1. The van der Waals surface area contributed by atoms with E-state index in [1.807, 2.05) is 78.9 Å². The number of ether oxygens (including phenoxy) is 1. The summed E-state index contributed by atoms with van der Waals surface area (Å²) in [6.45, 7) is 0. The maximum atomic E-state index is 5.96. The molecule has 25 heavy (non-hydrogen) atoms. The topological polar surface area (TPSA) is 35.0 Å². The smallest absolute Gasteiger partial charge is 0.220 e. The standard InChI is InChI=1S/C22H16N2O/c1-3-9-17(10-4-1)18-15-21(20-13-7-8-14-23-20)24-22(16-18)25-19-11-5-2-6-12-19/h1-16H. The maximum absolute atomic E-state index is 5.96. The highest BCUT2D eigenvalue weighted by atomic mass is 16.5. The molecule has 0 aliphatic carbocycles. The molecule has 2 aromatic carbocycles. The van der Waals surface area contributed by atoms with E-state index in [1.165, 1.54) is 0 Å². The van der Waals surface area contributed by atoms with Crippen LogP contribution in [0.3, 0.4) is 0 Å². The summed E-state index contributed by atoms with van der Waals surface area (Å²) < 4.78 is 5.96. The fourth-order valence-electron chi connectivity index (χ4n) is 2.61. The van der Waals surface area contributed by atoms with Gasteiger partial charge in [0.05, 0.1) is 11.4 Å². The van der Waals surface area contributed by atoms with Gasteiger partial charge in [-0.25, -0.2) is 4.98 Å². The minimum absolute atomic E-state index is 0.549. The number of hydrogen-bond donors (Lipinski definition) is 0. The Bertz CT molecular complexity index is 897. The SMILES string of the molecule is c1ccc(Oc2cc(-c3ccccc3)cc(-c3ccccn3)n2)cc1. The summed E-state index contributed by atoms with van der Waals surface area (Å²) in [5, 5.41) is 0. The average molecular weight is 324 g/mol. The quantitative estimate of drug-likeness (QED) is 0.490. The van der Waals surface area contributed by atoms with Crippen LogP contribution >= 0.6 is 0 Å². The van der Waals surface area contributed by atoms with Crippen molar-refractivity contribution in [3.63, 3.8) is 0 Å². The molecule has 0 saturated heterocycles. The predicted octanol–water partition coefficient (Wildman–Crippen LogP) is 5.60. The molecular formula is C22H16N2O. The van der Waals surface area contributed by atoms with Crippen molar-refractivity contribution in [1.82, 2.24) is 9.97 Å². The first-order valence-electron chi connectivity index (χ1n) is 8.10. The zero-order valence-electron chi connectivity index (χ0n) is 13.5. The Hall–Kier alpha value is -3.46. The monoisotopic (exact) mass is 324 g/mol. The molecule has 0 bridgehead atoms. The third-order valence-corrected chi connectivity index (χ3v) is 3.80. The summed E-state index contributed by atoms with van der Waals surface area (Å²) >= 11 is 0. The van der Waals surface area contributed by atoms with E-state index >= 15 is 0 Å². The Morgan fingerprint density at radius 3 is 2.04 bits per heavy atom. The molecule has 0 aliphatic heterocycles. The van der Waals surface area contributed by atoms with E-state index in [1.54, 1.807) is 6.20 Å².